The minimum atomic E-state index is -0.615. The van der Waals surface area contributed by atoms with Crippen molar-refractivity contribution in [3.8, 4) is 0 Å². The number of carbonyl (C=O) groups is 1. The Hall–Kier alpha value is -0.580. The second-order valence-corrected chi connectivity index (χ2v) is 4.31. The van der Waals surface area contributed by atoms with Crippen LogP contribution in [0.4, 0.5) is 9.18 Å². The molecule has 0 aliphatic rings. The van der Waals surface area contributed by atoms with Gasteiger partial charge in [-0.1, -0.05) is 15.9 Å². The largest absolute Gasteiger partial charge is 0.444 e. The topological polar surface area (TPSA) is 38.3 Å². The molecular weight excluding hydrogens is 253 g/mol. The molecule has 0 bridgehead atoms. The van der Waals surface area contributed by atoms with Gasteiger partial charge in [-0.25, -0.2) is 9.18 Å². The summed E-state index contributed by atoms with van der Waals surface area (Å²) in [6.45, 7) is 5.10. The van der Waals surface area contributed by atoms with Crippen molar-refractivity contribution in [3.63, 3.8) is 0 Å². The van der Waals surface area contributed by atoms with Gasteiger partial charge in [0, 0.05) is 5.33 Å². The smallest absolute Gasteiger partial charge is 0.408 e. The van der Waals surface area contributed by atoms with Crippen molar-refractivity contribution < 1.29 is 13.9 Å². The second-order valence-electron chi connectivity index (χ2n) is 3.66. The highest BCUT2D eigenvalue weighted by molar-refractivity contribution is 9.09. The predicted octanol–water partition coefficient (Wildman–Crippen LogP) is 2.76. The molecule has 0 aliphatic heterocycles. The number of rotatable bonds is 3. The Labute approximate surface area is 91.8 Å². The number of amides is 1. The molecule has 0 aromatic rings. The van der Waals surface area contributed by atoms with E-state index in [1.54, 1.807) is 20.8 Å². The molecule has 1 amide bonds. The summed E-state index contributed by atoms with van der Waals surface area (Å²) >= 11 is 3.05. The lowest BCUT2D eigenvalue weighted by molar-refractivity contribution is 0.0530. The molecule has 3 nitrogen and oxygen atoms in total. The summed E-state index contributed by atoms with van der Waals surface area (Å²) in [4.78, 5) is 11.0. The molecule has 0 saturated heterocycles. The fourth-order valence-electron chi connectivity index (χ4n) is 0.627. The molecule has 0 aliphatic carbocycles. The predicted molar refractivity (Wildman–Crippen MR) is 57.2 cm³/mol. The van der Waals surface area contributed by atoms with Crippen LogP contribution in [0.3, 0.4) is 0 Å². The van der Waals surface area contributed by atoms with Gasteiger partial charge in [0.25, 0.3) is 0 Å². The van der Waals surface area contributed by atoms with Crippen LogP contribution in [-0.4, -0.2) is 23.6 Å². The van der Waals surface area contributed by atoms with E-state index >= 15 is 0 Å². The van der Waals surface area contributed by atoms with Crippen molar-refractivity contribution in [1.29, 1.82) is 0 Å². The first-order valence-corrected chi connectivity index (χ1v) is 5.34. The SMILES string of the molecule is CC(C)(C)OC(=O)NC/C(F)=C\CBr. The van der Waals surface area contributed by atoms with Crippen LogP contribution in [0.25, 0.3) is 0 Å². The van der Waals surface area contributed by atoms with E-state index in [1.165, 1.54) is 6.08 Å². The van der Waals surface area contributed by atoms with Gasteiger partial charge in [0.1, 0.15) is 11.4 Å². The maximum atomic E-state index is 12.8. The van der Waals surface area contributed by atoms with Gasteiger partial charge in [-0.3, -0.25) is 0 Å². The summed E-state index contributed by atoms with van der Waals surface area (Å²) < 4.78 is 17.7. The number of carbonyl (C=O) groups excluding carboxylic acids is 1. The number of hydrogen-bond donors (Lipinski definition) is 1. The van der Waals surface area contributed by atoms with E-state index < -0.39 is 17.5 Å². The standard InChI is InChI=1S/C9H15BrFNO2/c1-9(2,3)14-8(13)12-6-7(11)4-5-10/h4H,5-6H2,1-3H3,(H,12,13)/b7-4+. The number of alkyl halides is 1. The fourth-order valence-corrected chi connectivity index (χ4v) is 0.978. The van der Waals surface area contributed by atoms with E-state index in [9.17, 15) is 9.18 Å². The van der Waals surface area contributed by atoms with Gasteiger partial charge in [0.15, 0.2) is 0 Å². The highest BCUT2D eigenvalue weighted by Gasteiger charge is 2.15. The zero-order chi connectivity index (χ0) is 11.2. The summed E-state index contributed by atoms with van der Waals surface area (Å²) in [6, 6.07) is 0. The average Bonchev–Trinajstić information content (AvgIpc) is 1.98. The van der Waals surface area contributed by atoms with Gasteiger partial charge < -0.3 is 10.1 Å². The number of nitrogens with one attached hydrogen (secondary N) is 1. The van der Waals surface area contributed by atoms with Gasteiger partial charge >= 0.3 is 6.09 Å². The van der Waals surface area contributed by atoms with Crippen LogP contribution in [0.1, 0.15) is 20.8 Å². The van der Waals surface area contributed by atoms with E-state index in [4.69, 9.17) is 4.74 Å². The van der Waals surface area contributed by atoms with Crippen LogP contribution < -0.4 is 5.32 Å². The van der Waals surface area contributed by atoms with Crippen LogP contribution in [0, 0.1) is 0 Å². The van der Waals surface area contributed by atoms with Crippen LogP contribution in [-0.2, 0) is 4.74 Å². The molecule has 0 aromatic carbocycles. The molecule has 0 radical (unpaired) electrons. The van der Waals surface area contributed by atoms with Crippen LogP contribution in [0.5, 0.6) is 0 Å². The van der Waals surface area contributed by atoms with Gasteiger partial charge in [-0.2, -0.15) is 0 Å². The second kappa shape index (κ2) is 6.01. The van der Waals surface area contributed by atoms with Crippen LogP contribution >= 0.6 is 15.9 Å². The lowest BCUT2D eigenvalue weighted by atomic mass is 10.2. The Kier molecular flexibility index (Phi) is 5.76. The minimum Gasteiger partial charge on any atom is -0.444 e. The summed E-state index contributed by atoms with van der Waals surface area (Å²) in [5.74, 6) is -0.396. The number of allylic oxidation sites excluding steroid dienone is 1. The molecule has 0 unspecified atom stereocenters. The molecule has 0 atom stereocenters. The minimum absolute atomic E-state index is 0.138. The van der Waals surface area contributed by atoms with Crippen molar-refractivity contribution in [2.75, 3.05) is 11.9 Å². The van der Waals surface area contributed by atoms with Crippen molar-refractivity contribution in [3.05, 3.63) is 11.9 Å². The Morgan fingerprint density at radius 2 is 2.14 bits per heavy atom. The monoisotopic (exact) mass is 267 g/mol. The lowest BCUT2D eigenvalue weighted by Gasteiger charge is -2.19. The maximum Gasteiger partial charge on any atom is 0.408 e. The van der Waals surface area contributed by atoms with E-state index in [2.05, 4.69) is 21.2 Å². The number of halogens is 2. The van der Waals surface area contributed by atoms with Gasteiger partial charge in [-0.05, 0) is 26.8 Å². The van der Waals surface area contributed by atoms with E-state index in [0.29, 0.717) is 5.33 Å². The molecular formula is C9H15BrFNO2. The van der Waals surface area contributed by atoms with Crippen LogP contribution in [0.15, 0.2) is 11.9 Å². The first-order valence-electron chi connectivity index (χ1n) is 4.22. The molecule has 0 heterocycles. The van der Waals surface area contributed by atoms with Crippen LogP contribution in [0.2, 0.25) is 0 Å². The molecule has 0 rings (SSSR count). The zero-order valence-corrected chi connectivity index (χ0v) is 10.1. The molecule has 0 saturated carbocycles. The van der Waals surface area contributed by atoms with E-state index in [-0.39, 0.29) is 6.54 Å². The fraction of sp³-hybridized carbons (Fsp3) is 0.667. The molecule has 5 heteroatoms. The summed E-state index contributed by atoms with van der Waals surface area (Å²) in [7, 11) is 0. The molecule has 14 heavy (non-hydrogen) atoms. The quantitative estimate of drug-likeness (QED) is 0.799. The Morgan fingerprint density at radius 1 is 1.57 bits per heavy atom. The molecule has 82 valence electrons. The molecule has 1 N–H and O–H groups in total. The van der Waals surface area contributed by atoms with Crippen molar-refractivity contribution in [1.82, 2.24) is 5.32 Å². The third kappa shape index (κ3) is 8.04. The lowest BCUT2D eigenvalue weighted by Crippen LogP contribution is -2.33. The normalized spacial score (nSPS) is 12.5. The van der Waals surface area contributed by atoms with Crippen molar-refractivity contribution in [2.45, 2.75) is 26.4 Å². The first kappa shape index (κ1) is 13.4. The molecule has 0 spiro atoms. The van der Waals surface area contributed by atoms with Crippen molar-refractivity contribution in [2.24, 2.45) is 0 Å². The Morgan fingerprint density at radius 3 is 2.57 bits per heavy atom. The molecule has 0 fully saturated rings. The summed E-state index contributed by atoms with van der Waals surface area (Å²) in [5, 5.41) is 2.72. The summed E-state index contributed by atoms with van der Waals surface area (Å²) in [6.07, 6.45) is 0.716. The highest BCUT2D eigenvalue weighted by Crippen LogP contribution is 2.06. The average molecular weight is 268 g/mol. The zero-order valence-electron chi connectivity index (χ0n) is 8.56. The van der Waals surface area contributed by atoms with Crippen molar-refractivity contribution >= 4 is 22.0 Å². The van der Waals surface area contributed by atoms with E-state index in [0.717, 1.165) is 0 Å². The Bertz CT molecular complexity index is 223. The number of hydrogen-bond acceptors (Lipinski definition) is 2. The highest BCUT2D eigenvalue weighted by atomic mass is 79.9. The number of ether oxygens (including phenoxy) is 1. The summed E-state index contributed by atoms with van der Waals surface area (Å²) in [5.41, 5.74) is -0.556. The maximum absolute atomic E-state index is 12.8. The van der Waals surface area contributed by atoms with Gasteiger partial charge in [0.05, 0.1) is 6.54 Å². The van der Waals surface area contributed by atoms with Gasteiger partial charge in [0.2, 0.25) is 0 Å². The third-order valence-electron chi connectivity index (χ3n) is 1.10. The first-order chi connectivity index (χ1) is 6.35. The third-order valence-corrected chi connectivity index (χ3v) is 1.42. The van der Waals surface area contributed by atoms with E-state index in [1.807, 2.05) is 0 Å². The molecule has 0 aromatic heterocycles. The Balaban J connectivity index is 3.81. The van der Waals surface area contributed by atoms with Gasteiger partial charge in [-0.15, -0.1) is 0 Å². The number of alkyl carbamates (subject to hydrolysis) is 1.